The first-order valence-corrected chi connectivity index (χ1v) is 8.10. The number of benzene rings is 2. The van der Waals surface area contributed by atoms with Gasteiger partial charge in [-0.1, -0.05) is 0 Å². The van der Waals surface area contributed by atoms with Crippen molar-refractivity contribution in [2.75, 3.05) is 19.1 Å². The Balaban J connectivity index is 1.80. The molecule has 0 unspecified atom stereocenters. The highest BCUT2D eigenvalue weighted by atomic mass is 32.1. The van der Waals surface area contributed by atoms with Crippen molar-refractivity contribution >= 4 is 22.4 Å². The number of methoxy groups -OCH3 is 1. The predicted octanol–water partition coefficient (Wildman–Crippen LogP) is 4.23. The van der Waals surface area contributed by atoms with E-state index in [4.69, 9.17) is 4.74 Å². The Hall–Kier alpha value is -2.73. The van der Waals surface area contributed by atoms with Gasteiger partial charge >= 0.3 is 0 Å². The number of anilines is 1. The molecule has 0 aliphatic carbocycles. The minimum atomic E-state index is -0.291. The Bertz CT molecular complexity index is 844. The minimum absolute atomic E-state index is 0.155. The van der Waals surface area contributed by atoms with Crippen molar-refractivity contribution in [2.24, 2.45) is 0 Å². The van der Waals surface area contributed by atoms with E-state index in [2.05, 4.69) is 4.98 Å². The van der Waals surface area contributed by atoms with E-state index in [0.717, 1.165) is 5.56 Å². The number of thiazole rings is 1. The van der Waals surface area contributed by atoms with E-state index in [1.54, 1.807) is 50.6 Å². The second-order valence-corrected chi connectivity index (χ2v) is 5.95. The molecule has 0 radical (unpaired) electrons. The third-order valence-corrected chi connectivity index (χ3v) is 4.48. The largest absolute Gasteiger partial charge is 0.497 e. The number of hydrogen-bond acceptors (Lipinski definition) is 4. The molecule has 1 heterocycles. The van der Waals surface area contributed by atoms with Crippen LogP contribution >= 0.6 is 11.3 Å². The Morgan fingerprint density at radius 2 is 1.79 bits per heavy atom. The van der Waals surface area contributed by atoms with Crippen LogP contribution < -0.4 is 9.64 Å². The number of aromatic nitrogens is 1. The molecule has 3 rings (SSSR count). The Labute approximate surface area is 143 Å². The van der Waals surface area contributed by atoms with Crippen molar-refractivity contribution in [2.45, 2.75) is 0 Å². The monoisotopic (exact) mass is 342 g/mol. The molecule has 0 spiro atoms. The van der Waals surface area contributed by atoms with Gasteiger partial charge in [0.2, 0.25) is 0 Å². The molecule has 0 bridgehead atoms. The van der Waals surface area contributed by atoms with E-state index in [1.807, 2.05) is 5.38 Å². The van der Waals surface area contributed by atoms with E-state index in [1.165, 1.54) is 28.4 Å². The highest BCUT2D eigenvalue weighted by molar-refractivity contribution is 7.14. The lowest BCUT2D eigenvalue weighted by Crippen LogP contribution is -2.25. The summed E-state index contributed by atoms with van der Waals surface area (Å²) in [5, 5.41) is 2.43. The van der Waals surface area contributed by atoms with Gasteiger partial charge in [-0.05, 0) is 48.5 Å². The molecule has 0 aliphatic rings. The standard InChI is InChI=1S/C18H15FN2O2S/c1-21(17(22)13-5-9-15(23-2)10-6-13)18-20-16(11-24-18)12-3-7-14(19)8-4-12/h3-11H,1-2H3. The molecular formula is C18H15FN2O2S. The van der Waals surface area contributed by atoms with Crippen molar-refractivity contribution in [3.05, 3.63) is 65.3 Å². The third kappa shape index (κ3) is 3.28. The maximum Gasteiger partial charge on any atom is 0.259 e. The van der Waals surface area contributed by atoms with Gasteiger partial charge in [-0.3, -0.25) is 9.69 Å². The van der Waals surface area contributed by atoms with Crippen LogP contribution in [-0.4, -0.2) is 25.0 Å². The summed E-state index contributed by atoms with van der Waals surface area (Å²) < 4.78 is 18.1. The maximum atomic E-state index is 13.0. The van der Waals surface area contributed by atoms with Crippen LogP contribution in [-0.2, 0) is 0 Å². The lowest BCUT2D eigenvalue weighted by molar-refractivity contribution is 0.0993. The number of ether oxygens (including phenoxy) is 1. The summed E-state index contributed by atoms with van der Waals surface area (Å²) in [7, 11) is 3.26. The van der Waals surface area contributed by atoms with Crippen molar-refractivity contribution in [3.63, 3.8) is 0 Å². The van der Waals surface area contributed by atoms with Crippen LogP contribution in [0.3, 0.4) is 0 Å². The van der Waals surface area contributed by atoms with Crippen molar-refractivity contribution in [3.8, 4) is 17.0 Å². The summed E-state index contributed by atoms with van der Waals surface area (Å²) in [6, 6.07) is 13.0. The number of carbonyl (C=O) groups is 1. The smallest absolute Gasteiger partial charge is 0.259 e. The summed E-state index contributed by atoms with van der Waals surface area (Å²) in [4.78, 5) is 18.5. The summed E-state index contributed by atoms with van der Waals surface area (Å²) >= 11 is 1.36. The van der Waals surface area contributed by atoms with E-state index in [0.29, 0.717) is 22.1 Å². The molecule has 3 aromatic rings. The molecule has 1 aromatic heterocycles. The molecule has 0 saturated heterocycles. The molecule has 1 amide bonds. The molecule has 4 nitrogen and oxygen atoms in total. The number of rotatable bonds is 4. The van der Waals surface area contributed by atoms with Gasteiger partial charge in [-0.2, -0.15) is 0 Å². The Morgan fingerprint density at radius 1 is 1.12 bits per heavy atom. The van der Waals surface area contributed by atoms with Crippen LogP contribution in [0.1, 0.15) is 10.4 Å². The van der Waals surface area contributed by atoms with Gasteiger partial charge in [0.1, 0.15) is 11.6 Å². The van der Waals surface area contributed by atoms with E-state index < -0.39 is 0 Å². The third-order valence-electron chi connectivity index (χ3n) is 3.56. The average molecular weight is 342 g/mol. The van der Waals surface area contributed by atoms with Gasteiger partial charge in [0.15, 0.2) is 5.13 Å². The van der Waals surface area contributed by atoms with Gasteiger partial charge in [0.05, 0.1) is 12.8 Å². The molecule has 24 heavy (non-hydrogen) atoms. The summed E-state index contributed by atoms with van der Waals surface area (Å²) in [5.41, 5.74) is 2.07. The number of nitrogens with zero attached hydrogens (tertiary/aromatic N) is 2. The SMILES string of the molecule is COc1ccc(C(=O)N(C)c2nc(-c3ccc(F)cc3)cs2)cc1. The molecule has 0 N–H and O–H groups in total. The minimum Gasteiger partial charge on any atom is -0.497 e. The number of carbonyl (C=O) groups excluding carboxylic acids is 1. The van der Waals surface area contributed by atoms with Crippen molar-refractivity contribution in [1.29, 1.82) is 0 Å². The van der Waals surface area contributed by atoms with Gasteiger partial charge in [0, 0.05) is 23.6 Å². The summed E-state index contributed by atoms with van der Waals surface area (Å²) in [6.07, 6.45) is 0. The molecule has 0 fully saturated rings. The van der Waals surface area contributed by atoms with Crippen molar-refractivity contribution < 1.29 is 13.9 Å². The summed E-state index contributed by atoms with van der Waals surface area (Å²) in [6.45, 7) is 0. The maximum absolute atomic E-state index is 13.0. The fourth-order valence-electron chi connectivity index (χ4n) is 2.19. The summed E-state index contributed by atoms with van der Waals surface area (Å²) in [5.74, 6) is 0.251. The molecule has 122 valence electrons. The highest BCUT2D eigenvalue weighted by Crippen LogP contribution is 2.28. The zero-order valence-corrected chi connectivity index (χ0v) is 14.0. The van der Waals surface area contributed by atoms with E-state index >= 15 is 0 Å². The fraction of sp³-hybridized carbons (Fsp3) is 0.111. The van der Waals surface area contributed by atoms with E-state index in [9.17, 15) is 9.18 Å². The zero-order valence-electron chi connectivity index (χ0n) is 13.2. The lowest BCUT2D eigenvalue weighted by atomic mass is 10.2. The first-order valence-electron chi connectivity index (χ1n) is 7.22. The first kappa shape index (κ1) is 16.1. The van der Waals surface area contributed by atoms with Gasteiger partial charge in [-0.25, -0.2) is 9.37 Å². The van der Waals surface area contributed by atoms with Crippen LogP contribution in [0.25, 0.3) is 11.3 Å². The quantitative estimate of drug-likeness (QED) is 0.712. The second-order valence-electron chi connectivity index (χ2n) is 5.11. The van der Waals surface area contributed by atoms with Crippen LogP contribution in [0, 0.1) is 5.82 Å². The lowest BCUT2D eigenvalue weighted by Gasteiger charge is -2.14. The second kappa shape index (κ2) is 6.80. The van der Waals surface area contributed by atoms with Crippen LogP contribution in [0.5, 0.6) is 5.75 Å². The average Bonchev–Trinajstić information content (AvgIpc) is 3.11. The number of hydrogen-bond donors (Lipinski definition) is 0. The van der Waals surface area contributed by atoms with Gasteiger partial charge in [0.25, 0.3) is 5.91 Å². The topological polar surface area (TPSA) is 42.4 Å². The zero-order chi connectivity index (χ0) is 17.1. The van der Waals surface area contributed by atoms with Crippen LogP contribution in [0.4, 0.5) is 9.52 Å². The van der Waals surface area contributed by atoms with E-state index in [-0.39, 0.29) is 11.7 Å². The number of amides is 1. The molecule has 2 aromatic carbocycles. The predicted molar refractivity (Wildman–Crippen MR) is 93.2 cm³/mol. The molecule has 6 heteroatoms. The van der Waals surface area contributed by atoms with Crippen LogP contribution in [0.15, 0.2) is 53.9 Å². The Kier molecular flexibility index (Phi) is 4.57. The normalized spacial score (nSPS) is 10.5. The van der Waals surface area contributed by atoms with Crippen molar-refractivity contribution in [1.82, 2.24) is 4.98 Å². The van der Waals surface area contributed by atoms with Crippen LogP contribution in [0.2, 0.25) is 0 Å². The molecule has 0 aliphatic heterocycles. The van der Waals surface area contributed by atoms with Gasteiger partial charge in [-0.15, -0.1) is 11.3 Å². The fourth-order valence-corrected chi connectivity index (χ4v) is 2.98. The molecule has 0 saturated carbocycles. The first-order chi connectivity index (χ1) is 11.6. The number of halogens is 1. The molecule has 0 atom stereocenters. The Morgan fingerprint density at radius 3 is 2.42 bits per heavy atom. The highest BCUT2D eigenvalue weighted by Gasteiger charge is 2.17. The molecular weight excluding hydrogens is 327 g/mol. The van der Waals surface area contributed by atoms with Gasteiger partial charge < -0.3 is 4.74 Å².